The Balaban J connectivity index is 1.50. The monoisotopic (exact) mass is 457 g/mol. The molecule has 0 bridgehead atoms. The number of carbonyl (C=O) groups excluding carboxylic acids is 1. The Hall–Kier alpha value is -2.11. The van der Waals surface area contributed by atoms with Crippen LogP contribution in [-0.2, 0) is 9.47 Å². The van der Waals surface area contributed by atoms with Crippen LogP contribution >= 0.6 is 23.2 Å². The van der Waals surface area contributed by atoms with Crippen LogP contribution in [0.15, 0.2) is 60.7 Å². The lowest BCUT2D eigenvalue weighted by Gasteiger charge is -2.28. The maximum Gasteiger partial charge on any atom is 0.338 e. The van der Waals surface area contributed by atoms with Crippen LogP contribution < -0.4 is 0 Å². The molecule has 1 heterocycles. The van der Waals surface area contributed by atoms with Gasteiger partial charge in [0.2, 0.25) is 0 Å². The fourth-order valence-electron chi connectivity index (χ4n) is 3.98. The third-order valence-corrected chi connectivity index (χ3v) is 6.29. The molecule has 162 valence electrons. The molecule has 0 N–H and O–H groups in total. The average molecular weight is 458 g/mol. The maximum absolute atomic E-state index is 12.9. The maximum atomic E-state index is 12.9. The quantitative estimate of drug-likeness (QED) is 0.419. The van der Waals surface area contributed by atoms with Crippen molar-refractivity contribution in [2.24, 2.45) is 0 Å². The summed E-state index contributed by atoms with van der Waals surface area (Å²) in [4.78, 5) is 15.3. The smallest absolute Gasteiger partial charge is 0.338 e. The van der Waals surface area contributed by atoms with Crippen molar-refractivity contribution >= 4 is 39.9 Å². The van der Waals surface area contributed by atoms with Gasteiger partial charge in [-0.3, -0.25) is 4.90 Å². The molecule has 6 heteroatoms. The highest BCUT2D eigenvalue weighted by atomic mass is 35.5. The SMILES string of the molecule is O=C(OCC(CCN1CCOCC1)c1ccc(Cl)cc1Cl)c1cccc2ccccc12. The molecule has 1 atom stereocenters. The second-order valence-electron chi connectivity index (χ2n) is 7.73. The van der Waals surface area contributed by atoms with E-state index in [1.54, 1.807) is 6.07 Å². The number of morpholine rings is 1. The molecule has 1 unspecified atom stereocenters. The van der Waals surface area contributed by atoms with Crippen LogP contribution in [0.5, 0.6) is 0 Å². The van der Waals surface area contributed by atoms with Gasteiger partial charge in [-0.2, -0.15) is 0 Å². The third-order valence-electron chi connectivity index (χ3n) is 5.72. The van der Waals surface area contributed by atoms with Crippen LogP contribution in [0.3, 0.4) is 0 Å². The van der Waals surface area contributed by atoms with E-state index in [1.165, 1.54) is 0 Å². The molecule has 1 fully saturated rings. The second-order valence-corrected chi connectivity index (χ2v) is 8.57. The van der Waals surface area contributed by atoms with Gasteiger partial charge in [-0.25, -0.2) is 4.79 Å². The summed E-state index contributed by atoms with van der Waals surface area (Å²) in [5.74, 6) is -0.343. The molecule has 1 aliphatic heterocycles. The molecule has 0 aliphatic carbocycles. The van der Waals surface area contributed by atoms with Crippen LogP contribution in [-0.4, -0.2) is 50.3 Å². The van der Waals surface area contributed by atoms with E-state index in [0.717, 1.165) is 55.6 Å². The standard InChI is InChI=1S/C25H25Cl2NO3/c26-20-8-9-22(24(27)16-20)19(10-11-28-12-14-30-15-13-28)17-31-25(29)23-7-3-5-18-4-1-2-6-21(18)23/h1-9,16,19H,10-15,17H2. The van der Waals surface area contributed by atoms with Crippen molar-refractivity contribution in [3.8, 4) is 0 Å². The van der Waals surface area contributed by atoms with Crippen molar-refractivity contribution in [3.63, 3.8) is 0 Å². The van der Waals surface area contributed by atoms with Gasteiger partial charge >= 0.3 is 5.97 Å². The van der Waals surface area contributed by atoms with Gasteiger partial charge in [0.1, 0.15) is 0 Å². The predicted octanol–water partition coefficient (Wildman–Crippen LogP) is 5.81. The van der Waals surface area contributed by atoms with Gasteiger partial charge in [0.15, 0.2) is 0 Å². The second kappa shape index (κ2) is 10.5. The van der Waals surface area contributed by atoms with Crippen LogP contribution in [0.1, 0.15) is 28.3 Å². The molecule has 0 saturated carbocycles. The van der Waals surface area contributed by atoms with E-state index in [1.807, 2.05) is 54.6 Å². The van der Waals surface area contributed by atoms with Crippen LogP contribution in [0.2, 0.25) is 10.0 Å². The van der Waals surface area contributed by atoms with Gasteiger partial charge in [0.25, 0.3) is 0 Å². The molecule has 3 aromatic rings. The van der Waals surface area contributed by atoms with Crippen molar-refractivity contribution < 1.29 is 14.3 Å². The molecule has 1 aliphatic rings. The minimum atomic E-state index is -0.321. The highest BCUT2D eigenvalue weighted by molar-refractivity contribution is 6.35. The first-order valence-electron chi connectivity index (χ1n) is 10.5. The molecule has 4 rings (SSSR count). The summed E-state index contributed by atoms with van der Waals surface area (Å²) < 4.78 is 11.2. The Bertz CT molecular complexity index is 1040. The van der Waals surface area contributed by atoms with E-state index in [-0.39, 0.29) is 18.5 Å². The summed E-state index contributed by atoms with van der Waals surface area (Å²) in [5.41, 5.74) is 1.53. The Morgan fingerprint density at radius 2 is 1.81 bits per heavy atom. The van der Waals surface area contributed by atoms with Gasteiger partial charge in [0.05, 0.1) is 25.4 Å². The average Bonchev–Trinajstić information content (AvgIpc) is 2.80. The van der Waals surface area contributed by atoms with Crippen LogP contribution in [0.4, 0.5) is 0 Å². The number of fused-ring (bicyclic) bond motifs is 1. The first kappa shape index (κ1) is 22.1. The molecular weight excluding hydrogens is 433 g/mol. The molecule has 0 spiro atoms. The minimum absolute atomic E-state index is 0.0217. The van der Waals surface area contributed by atoms with Gasteiger partial charge in [-0.05, 0) is 47.5 Å². The highest BCUT2D eigenvalue weighted by Crippen LogP contribution is 2.31. The number of esters is 1. The van der Waals surface area contributed by atoms with Gasteiger partial charge in [-0.15, -0.1) is 0 Å². The Morgan fingerprint density at radius 3 is 2.61 bits per heavy atom. The molecule has 0 radical (unpaired) electrons. The summed E-state index contributed by atoms with van der Waals surface area (Å²) in [6.07, 6.45) is 0.824. The van der Waals surface area contributed by atoms with E-state index < -0.39 is 0 Å². The van der Waals surface area contributed by atoms with E-state index in [0.29, 0.717) is 15.6 Å². The molecule has 1 saturated heterocycles. The van der Waals surface area contributed by atoms with Crippen molar-refractivity contribution in [3.05, 3.63) is 81.8 Å². The largest absolute Gasteiger partial charge is 0.461 e. The molecule has 3 aromatic carbocycles. The predicted molar refractivity (Wildman–Crippen MR) is 125 cm³/mol. The molecule has 0 amide bonds. The van der Waals surface area contributed by atoms with E-state index in [2.05, 4.69) is 4.90 Å². The van der Waals surface area contributed by atoms with Crippen LogP contribution in [0.25, 0.3) is 10.8 Å². The highest BCUT2D eigenvalue weighted by Gasteiger charge is 2.21. The lowest BCUT2D eigenvalue weighted by atomic mass is 9.96. The number of carbonyl (C=O) groups is 1. The van der Waals surface area contributed by atoms with E-state index in [9.17, 15) is 4.79 Å². The minimum Gasteiger partial charge on any atom is -0.461 e. The zero-order chi connectivity index (χ0) is 21.6. The van der Waals surface area contributed by atoms with Gasteiger partial charge in [-0.1, -0.05) is 65.7 Å². The number of halogens is 2. The van der Waals surface area contributed by atoms with Crippen molar-refractivity contribution in [2.45, 2.75) is 12.3 Å². The number of ether oxygens (including phenoxy) is 2. The van der Waals surface area contributed by atoms with E-state index >= 15 is 0 Å². The Morgan fingerprint density at radius 1 is 1.03 bits per heavy atom. The lowest BCUT2D eigenvalue weighted by Crippen LogP contribution is -2.37. The van der Waals surface area contributed by atoms with Crippen LogP contribution in [0, 0.1) is 0 Å². The lowest BCUT2D eigenvalue weighted by molar-refractivity contribution is 0.0330. The molecule has 31 heavy (non-hydrogen) atoms. The van der Waals surface area contributed by atoms with Crippen molar-refractivity contribution in [1.82, 2.24) is 4.90 Å². The van der Waals surface area contributed by atoms with Gasteiger partial charge < -0.3 is 9.47 Å². The topological polar surface area (TPSA) is 38.8 Å². The normalized spacial score (nSPS) is 15.7. The summed E-state index contributed by atoms with van der Waals surface area (Å²) in [6.45, 7) is 4.48. The zero-order valence-corrected chi connectivity index (χ0v) is 18.7. The fraction of sp³-hybridized carbons (Fsp3) is 0.320. The number of nitrogens with zero attached hydrogens (tertiary/aromatic N) is 1. The third kappa shape index (κ3) is 5.58. The van der Waals surface area contributed by atoms with E-state index in [4.69, 9.17) is 32.7 Å². The summed E-state index contributed by atoms with van der Waals surface area (Å²) in [6, 6.07) is 19.0. The Labute approximate surface area is 192 Å². The van der Waals surface area contributed by atoms with Crippen molar-refractivity contribution in [2.75, 3.05) is 39.5 Å². The number of rotatable bonds is 7. The molecule has 0 aromatic heterocycles. The molecular formula is C25H25Cl2NO3. The van der Waals surface area contributed by atoms with Gasteiger partial charge in [0, 0.05) is 29.1 Å². The fourth-order valence-corrected chi connectivity index (χ4v) is 4.54. The summed E-state index contributed by atoms with van der Waals surface area (Å²) >= 11 is 12.6. The summed E-state index contributed by atoms with van der Waals surface area (Å²) in [7, 11) is 0. The Kier molecular flexibility index (Phi) is 7.46. The molecule has 4 nitrogen and oxygen atoms in total. The number of benzene rings is 3. The van der Waals surface area contributed by atoms with Crippen molar-refractivity contribution in [1.29, 1.82) is 0 Å². The summed E-state index contributed by atoms with van der Waals surface area (Å²) in [5, 5.41) is 3.10. The number of hydrogen-bond acceptors (Lipinski definition) is 4. The first-order valence-corrected chi connectivity index (χ1v) is 11.3. The zero-order valence-electron chi connectivity index (χ0n) is 17.2. The first-order chi connectivity index (χ1) is 15.1. The number of hydrogen-bond donors (Lipinski definition) is 0.